The van der Waals surface area contributed by atoms with Crippen LogP contribution in [-0.4, -0.2) is 9.55 Å². The maximum atomic E-state index is 12.8. The van der Waals surface area contributed by atoms with Gasteiger partial charge in [0.2, 0.25) is 0 Å². The number of rotatable bonds is 1. The van der Waals surface area contributed by atoms with E-state index < -0.39 is 11.7 Å². The van der Waals surface area contributed by atoms with Crippen molar-refractivity contribution >= 4 is 32.6 Å². The van der Waals surface area contributed by atoms with Crippen LogP contribution in [0.2, 0.25) is 0 Å². The van der Waals surface area contributed by atoms with Crippen LogP contribution < -0.4 is 0 Å². The van der Waals surface area contributed by atoms with E-state index in [-0.39, 0.29) is 0 Å². The van der Waals surface area contributed by atoms with Crippen LogP contribution in [0.1, 0.15) is 10.6 Å². The first-order valence-electron chi connectivity index (χ1n) is 6.99. The molecule has 0 saturated heterocycles. The van der Waals surface area contributed by atoms with Crippen molar-refractivity contribution in [3.05, 3.63) is 59.1 Å². The molecular weight excluding hydrogens is 321 g/mol. The molecular formula is C17H11F3N2S. The van der Waals surface area contributed by atoms with E-state index in [1.165, 1.54) is 12.1 Å². The molecule has 0 atom stereocenters. The average molecular weight is 332 g/mol. The zero-order valence-electron chi connectivity index (χ0n) is 12.1. The van der Waals surface area contributed by atoms with E-state index in [1.807, 2.05) is 35.8 Å². The maximum Gasteiger partial charge on any atom is 0.416 e. The van der Waals surface area contributed by atoms with E-state index in [0.29, 0.717) is 5.69 Å². The maximum absolute atomic E-state index is 12.8. The third-order valence-electron chi connectivity index (χ3n) is 3.77. The van der Waals surface area contributed by atoms with E-state index in [0.717, 1.165) is 38.4 Å². The second-order valence-electron chi connectivity index (χ2n) is 5.28. The number of benzene rings is 2. The highest BCUT2D eigenvalue weighted by molar-refractivity contribution is 7.19. The number of aromatic nitrogens is 2. The van der Waals surface area contributed by atoms with Gasteiger partial charge < -0.3 is 0 Å². The molecule has 0 amide bonds. The van der Waals surface area contributed by atoms with E-state index in [1.54, 1.807) is 11.3 Å². The molecule has 0 unspecified atom stereocenters. The quantitative estimate of drug-likeness (QED) is 0.446. The standard InChI is InChI=1S/C17H11F3N2S/c1-10-21-16-15(23-10)13-4-2-3-5-14(13)22(16)12-8-6-11(7-9-12)17(18,19)20/h2-9H,1H3. The van der Waals surface area contributed by atoms with E-state index in [9.17, 15) is 13.2 Å². The number of thiazole rings is 1. The summed E-state index contributed by atoms with van der Waals surface area (Å²) in [5, 5.41) is 1.99. The zero-order chi connectivity index (χ0) is 16.2. The molecule has 0 saturated carbocycles. The number of nitrogens with zero attached hydrogens (tertiary/aromatic N) is 2. The molecule has 0 bridgehead atoms. The number of para-hydroxylation sites is 1. The summed E-state index contributed by atoms with van der Waals surface area (Å²) in [5.41, 5.74) is 1.76. The number of fused-ring (bicyclic) bond motifs is 3. The van der Waals surface area contributed by atoms with E-state index in [4.69, 9.17) is 0 Å². The Balaban J connectivity index is 2.00. The van der Waals surface area contributed by atoms with Crippen LogP contribution in [0.5, 0.6) is 0 Å². The van der Waals surface area contributed by atoms with Crippen molar-refractivity contribution in [2.24, 2.45) is 0 Å². The molecule has 0 fully saturated rings. The Labute approximate surface area is 133 Å². The van der Waals surface area contributed by atoms with Gasteiger partial charge in [-0.05, 0) is 37.3 Å². The minimum absolute atomic E-state index is 0.650. The summed E-state index contributed by atoms with van der Waals surface area (Å²) >= 11 is 1.59. The second-order valence-corrected chi connectivity index (χ2v) is 6.49. The molecule has 0 spiro atoms. The summed E-state index contributed by atoms with van der Waals surface area (Å²) in [6.45, 7) is 1.93. The highest BCUT2D eigenvalue weighted by Gasteiger charge is 2.30. The van der Waals surface area contributed by atoms with Gasteiger partial charge in [-0.3, -0.25) is 4.57 Å². The normalized spacial score (nSPS) is 12.3. The molecule has 0 aliphatic heterocycles. The van der Waals surface area contributed by atoms with Crippen LogP contribution in [0.4, 0.5) is 13.2 Å². The van der Waals surface area contributed by atoms with E-state index in [2.05, 4.69) is 4.98 Å². The topological polar surface area (TPSA) is 17.8 Å². The number of halogens is 3. The van der Waals surface area contributed by atoms with Crippen LogP contribution in [0.3, 0.4) is 0 Å². The fourth-order valence-electron chi connectivity index (χ4n) is 2.78. The fourth-order valence-corrected chi connectivity index (χ4v) is 3.72. The molecule has 116 valence electrons. The minimum Gasteiger partial charge on any atom is -0.293 e. The Morgan fingerprint density at radius 2 is 1.70 bits per heavy atom. The summed E-state index contributed by atoms with van der Waals surface area (Å²) < 4.78 is 41.2. The van der Waals surface area contributed by atoms with Crippen LogP contribution in [-0.2, 0) is 6.18 Å². The molecule has 0 aliphatic carbocycles. The molecule has 2 nitrogen and oxygen atoms in total. The van der Waals surface area contributed by atoms with Gasteiger partial charge in [-0.15, -0.1) is 11.3 Å². The van der Waals surface area contributed by atoms with Crippen molar-refractivity contribution < 1.29 is 13.2 Å². The Bertz CT molecular complexity index is 1010. The molecule has 2 aromatic heterocycles. The van der Waals surface area contributed by atoms with Crippen molar-refractivity contribution in [2.75, 3.05) is 0 Å². The van der Waals surface area contributed by atoms with Crippen molar-refractivity contribution in [3.8, 4) is 5.69 Å². The smallest absolute Gasteiger partial charge is 0.293 e. The van der Waals surface area contributed by atoms with Gasteiger partial charge in [-0.1, -0.05) is 18.2 Å². The van der Waals surface area contributed by atoms with Crippen LogP contribution >= 0.6 is 11.3 Å². The largest absolute Gasteiger partial charge is 0.416 e. The monoisotopic (exact) mass is 332 g/mol. The lowest BCUT2D eigenvalue weighted by Gasteiger charge is -2.09. The third kappa shape index (κ3) is 2.21. The molecule has 23 heavy (non-hydrogen) atoms. The first kappa shape index (κ1) is 14.3. The van der Waals surface area contributed by atoms with E-state index >= 15 is 0 Å². The summed E-state index contributed by atoms with van der Waals surface area (Å²) in [5.74, 6) is 0. The van der Waals surface area contributed by atoms with Crippen molar-refractivity contribution in [3.63, 3.8) is 0 Å². The third-order valence-corrected chi connectivity index (χ3v) is 4.76. The summed E-state index contributed by atoms with van der Waals surface area (Å²) in [7, 11) is 0. The van der Waals surface area contributed by atoms with Gasteiger partial charge in [0.05, 0.1) is 20.8 Å². The van der Waals surface area contributed by atoms with Crippen LogP contribution in [0, 0.1) is 6.92 Å². The lowest BCUT2D eigenvalue weighted by molar-refractivity contribution is -0.137. The molecule has 6 heteroatoms. The zero-order valence-corrected chi connectivity index (χ0v) is 12.9. The minimum atomic E-state index is -4.33. The molecule has 4 aromatic rings. The SMILES string of the molecule is Cc1nc2c(s1)c1ccccc1n2-c1ccc(C(F)(F)F)cc1. The Morgan fingerprint density at radius 1 is 1.00 bits per heavy atom. The molecule has 0 aliphatic rings. The lowest BCUT2D eigenvalue weighted by atomic mass is 10.2. The first-order chi connectivity index (χ1) is 10.9. The number of alkyl halides is 3. The summed E-state index contributed by atoms with van der Waals surface area (Å²) in [4.78, 5) is 4.56. The fraction of sp³-hybridized carbons (Fsp3) is 0.118. The van der Waals surface area contributed by atoms with Gasteiger partial charge in [-0.2, -0.15) is 13.2 Å². The number of aryl methyl sites for hydroxylation is 1. The van der Waals surface area contributed by atoms with Crippen LogP contribution in [0.15, 0.2) is 48.5 Å². The van der Waals surface area contributed by atoms with Crippen molar-refractivity contribution in [1.82, 2.24) is 9.55 Å². The van der Waals surface area contributed by atoms with Gasteiger partial charge in [0.15, 0.2) is 5.65 Å². The average Bonchev–Trinajstić information content (AvgIpc) is 3.01. The predicted octanol–water partition coefficient (Wildman–Crippen LogP) is 5.57. The van der Waals surface area contributed by atoms with Crippen LogP contribution in [0.25, 0.3) is 26.9 Å². The number of hydrogen-bond donors (Lipinski definition) is 0. The predicted molar refractivity (Wildman–Crippen MR) is 86.2 cm³/mol. The summed E-state index contributed by atoms with van der Waals surface area (Å²) in [6, 6.07) is 13.0. The Morgan fingerprint density at radius 3 is 2.39 bits per heavy atom. The highest BCUT2D eigenvalue weighted by atomic mass is 32.1. The highest BCUT2D eigenvalue weighted by Crippen LogP contribution is 2.36. The molecule has 2 heterocycles. The van der Waals surface area contributed by atoms with Gasteiger partial charge >= 0.3 is 6.18 Å². The van der Waals surface area contributed by atoms with Gasteiger partial charge in [0.1, 0.15) is 0 Å². The first-order valence-corrected chi connectivity index (χ1v) is 7.81. The second kappa shape index (κ2) is 4.83. The lowest BCUT2D eigenvalue weighted by Crippen LogP contribution is -2.05. The van der Waals surface area contributed by atoms with Crippen molar-refractivity contribution in [2.45, 2.75) is 13.1 Å². The summed E-state index contributed by atoms with van der Waals surface area (Å²) in [6.07, 6.45) is -4.33. The Kier molecular flexibility index (Phi) is 2.99. The molecule has 2 aromatic carbocycles. The Hall–Kier alpha value is -2.34. The molecule has 0 radical (unpaired) electrons. The van der Waals surface area contributed by atoms with Crippen molar-refractivity contribution in [1.29, 1.82) is 0 Å². The van der Waals surface area contributed by atoms with Gasteiger partial charge in [0.25, 0.3) is 0 Å². The number of hydrogen-bond acceptors (Lipinski definition) is 2. The molecule has 4 rings (SSSR count). The molecule has 0 N–H and O–H groups in total. The van der Waals surface area contributed by atoms with Gasteiger partial charge in [0, 0.05) is 11.1 Å². The van der Waals surface area contributed by atoms with Gasteiger partial charge in [-0.25, -0.2) is 4.98 Å².